The zero-order valence-electron chi connectivity index (χ0n) is 8.46. The summed E-state index contributed by atoms with van der Waals surface area (Å²) in [6.07, 6.45) is 0. The van der Waals surface area contributed by atoms with Crippen molar-refractivity contribution in [2.75, 3.05) is 0 Å². The Morgan fingerprint density at radius 1 is 1.23 bits per heavy atom. The number of nitrogens with one attached hydrogen (secondary N) is 1. The van der Waals surface area contributed by atoms with Gasteiger partial charge in [-0.05, 0) is 26.8 Å². The van der Waals surface area contributed by atoms with Crippen LogP contribution in [0, 0.1) is 0 Å². The fourth-order valence-corrected chi connectivity index (χ4v) is 1.02. The van der Waals surface area contributed by atoms with E-state index in [1.165, 1.54) is 0 Å². The van der Waals surface area contributed by atoms with Gasteiger partial charge in [0, 0.05) is 17.6 Å². The van der Waals surface area contributed by atoms with Crippen LogP contribution in [0.5, 0.6) is 5.75 Å². The topological polar surface area (TPSA) is 32.3 Å². The van der Waals surface area contributed by atoms with Crippen molar-refractivity contribution in [3.8, 4) is 5.75 Å². The van der Waals surface area contributed by atoms with E-state index in [0.717, 1.165) is 5.56 Å². The van der Waals surface area contributed by atoms with E-state index in [0.29, 0.717) is 12.3 Å². The Kier molecular flexibility index (Phi) is 2.94. The molecule has 0 amide bonds. The minimum Gasteiger partial charge on any atom is -0.508 e. The van der Waals surface area contributed by atoms with Crippen molar-refractivity contribution in [2.45, 2.75) is 32.9 Å². The molecule has 2 heteroatoms. The third-order valence-electron chi connectivity index (χ3n) is 1.80. The van der Waals surface area contributed by atoms with Crippen LogP contribution in [0.2, 0.25) is 0 Å². The number of phenols is 1. The first-order chi connectivity index (χ1) is 5.99. The molecule has 2 N–H and O–H groups in total. The van der Waals surface area contributed by atoms with Gasteiger partial charge in [-0.2, -0.15) is 0 Å². The molecule has 0 heterocycles. The van der Waals surface area contributed by atoms with Crippen LogP contribution in [0.15, 0.2) is 24.3 Å². The Hall–Kier alpha value is -1.02. The molecular formula is C11H17NO. The number of hydrogen-bond donors (Lipinski definition) is 2. The second-order valence-electron chi connectivity index (χ2n) is 4.23. The highest BCUT2D eigenvalue weighted by Gasteiger charge is 2.09. The Morgan fingerprint density at radius 2 is 1.85 bits per heavy atom. The smallest absolute Gasteiger partial charge is 0.120 e. The molecule has 0 unspecified atom stereocenters. The number of aromatic hydroxyl groups is 1. The summed E-state index contributed by atoms with van der Waals surface area (Å²) < 4.78 is 0. The minimum absolute atomic E-state index is 0.0856. The summed E-state index contributed by atoms with van der Waals surface area (Å²) in [4.78, 5) is 0. The van der Waals surface area contributed by atoms with Gasteiger partial charge in [-0.3, -0.25) is 0 Å². The van der Waals surface area contributed by atoms with E-state index in [2.05, 4.69) is 26.1 Å². The van der Waals surface area contributed by atoms with E-state index in [-0.39, 0.29) is 5.54 Å². The highest BCUT2D eigenvalue weighted by molar-refractivity contribution is 5.31. The molecule has 0 aliphatic heterocycles. The number of rotatable bonds is 2. The molecular weight excluding hydrogens is 162 g/mol. The lowest BCUT2D eigenvalue weighted by molar-refractivity contribution is 0.412. The van der Waals surface area contributed by atoms with Gasteiger partial charge < -0.3 is 10.4 Å². The first-order valence-electron chi connectivity index (χ1n) is 4.51. The van der Waals surface area contributed by atoms with Crippen molar-refractivity contribution in [1.29, 1.82) is 0 Å². The molecule has 0 aliphatic carbocycles. The molecule has 0 radical (unpaired) electrons. The van der Waals surface area contributed by atoms with Crippen LogP contribution in [0.3, 0.4) is 0 Å². The van der Waals surface area contributed by atoms with Crippen LogP contribution in [-0.2, 0) is 6.54 Å². The lowest BCUT2D eigenvalue weighted by atomic mass is 10.1. The largest absolute Gasteiger partial charge is 0.508 e. The van der Waals surface area contributed by atoms with Crippen LogP contribution in [0.25, 0.3) is 0 Å². The summed E-state index contributed by atoms with van der Waals surface area (Å²) in [7, 11) is 0. The second kappa shape index (κ2) is 3.79. The number of para-hydroxylation sites is 1. The summed E-state index contributed by atoms with van der Waals surface area (Å²) in [5.74, 6) is 0.360. The second-order valence-corrected chi connectivity index (χ2v) is 4.23. The molecule has 0 bridgehead atoms. The molecule has 1 aromatic rings. The maximum absolute atomic E-state index is 9.47. The van der Waals surface area contributed by atoms with Crippen molar-refractivity contribution in [2.24, 2.45) is 0 Å². The van der Waals surface area contributed by atoms with E-state index in [4.69, 9.17) is 0 Å². The van der Waals surface area contributed by atoms with Gasteiger partial charge in [0.1, 0.15) is 5.75 Å². The molecule has 0 spiro atoms. The van der Waals surface area contributed by atoms with Gasteiger partial charge in [0.05, 0.1) is 0 Å². The molecule has 0 saturated heterocycles. The number of benzene rings is 1. The van der Waals surface area contributed by atoms with E-state index in [9.17, 15) is 5.11 Å². The summed E-state index contributed by atoms with van der Waals surface area (Å²) in [6.45, 7) is 7.02. The van der Waals surface area contributed by atoms with Crippen molar-refractivity contribution in [3.63, 3.8) is 0 Å². The highest BCUT2D eigenvalue weighted by Crippen LogP contribution is 2.15. The standard InChI is InChI=1S/C11H17NO/c1-11(2,3)12-8-9-6-4-5-7-10(9)13/h4-7,12-13H,8H2,1-3H3. The zero-order chi connectivity index (χ0) is 9.90. The lowest BCUT2D eigenvalue weighted by Crippen LogP contribution is -2.35. The Bertz CT molecular complexity index is 276. The predicted octanol–water partition coefficient (Wildman–Crippen LogP) is 2.28. The molecule has 1 rings (SSSR count). The summed E-state index contributed by atoms with van der Waals surface area (Å²) in [5, 5.41) is 12.8. The van der Waals surface area contributed by atoms with Crippen molar-refractivity contribution >= 4 is 0 Å². The lowest BCUT2D eigenvalue weighted by Gasteiger charge is -2.20. The molecule has 0 fully saturated rings. The zero-order valence-corrected chi connectivity index (χ0v) is 8.46. The number of hydrogen-bond acceptors (Lipinski definition) is 2. The quantitative estimate of drug-likeness (QED) is 0.730. The van der Waals surface area contributed by atoms with E-state index in [1.807, 2.05) is 18.2 Å². The molecule has 72 valence electrons. The highest BCUT2D eigenvalue weighted by atomic mass is 16.3. The SMILES string of the molecule is CC(C)(C)NCc1ccccc1O. The maximum atomic E-state index is 9.47. The first kappa shape index (κ1) is 10.1. The van der Waals surface area contributed by atoms with Gasteiger partial charge in [-0.1, -0.05) is 18.2 Å². The van der Waals surface area contributed by atoms with Gasteiger partial charge in [0.25, 0.3) is 0 Å². The third-order valence-corrected chi connectivity index (χ3v) is 1.80. The van der Waals surface area contributed by atoms with E-state index < -0.39 is 0 Å². The molecule has 1 aromatic carbocycles. The Labute approximate surface area is 79.6 Å². The van der Waals surface area contributed by atoms with Crippen LogP contribution in [0.4, 0.5) is 0 Å². The summed E-state index contributed by atoms with van der Waals surface area (Å²) in [5.41, 5.74) is 1.03. The molecule has 0 aliphatic rings. The summed E-state index contributed by atoms with van der Waals surface area (Å²) >= 11 is 0. The van der Waals surface area contributed by atoms with E-state index >= 15 is 0 Å². The van der Waals surface area contributed by atoms with Gasteiger partial charge >= 0.3 is 0 Å². The fraction of sp³-hybridized carbons (Fsp3) is 0.455. The predicted molar refractivity (Wildman–Crippen MR) is 54.7 cm³/mol. The molecule has 13 heavy (non-hydrogen) atoms. The average Bonchev–Trinajstić information content (AvgIpc) is 2.01. The van der Waals surface area contributed by atoms with Gasteiger partial charge in [0.2, 0.25) is 0 Å². The normalized spacial score (nSPS) is 11.6. The van der Waals surface area contributed by atoms with Gasteiger partial charge in [-0.15, -0.1) is 0 Å². The average molecular weight is 179 g/mol. The molecule has 0 aromatic heterocycles. The van der Waals surface area contributed by atoms with Gasteiger partial charge in [0.15, 0.2) is 0 Å². The monoisotopic (exact) mass is 179 g/mol. The van der Waals surface area contributed by atoms with Crippen LogP contribution >= 0.6 is 0 Å². The van der Waals surface area contributed by atoms with Gasteiger partial charge in [-0.25, -0.2) is 0 Å². The number of phenolic OH excluding ortho intramolecular Hbond substituents is 1. The Balaban J connectivity index is 2.60. The first-order valence-corrected chi connectivity index (χ1v) is 4.51. The van der Waals surface area contributed by atoms with Crippen molar-refractivity contribution < 1.29 is 5.11 Å². The molecule has 0 saturated carbocycles. The van der Waals surface area contributed by atoms with E-state index in [1.54, 1.807) is 6.07 Å². The van der Waals surface area contributed by atoms with Crippen molar-refractivity contribution in [3.05, 3.63) is 29.8 Å². The van der Waals surface area contributed by atoms with Crippen LogP contribution in [-0.4, -0.2) is 10.6 Å². The fourth-order valence-electron chi connectivity index (χ4n) is 1.02. The van der Waals surface area contributed by atoms with Crippen LogP contribution in [0.1, 0.15) is 26.3 Å². The van der Waals surface area contributed by atoms with Crippen molar-refractivity contribution in [1.82, 2.24) is 5.32 Å². The maximum Gasteiger partial charge on any atom is 0.120 e. The summed E-state index contributed by atoms with van der Waals surface area (Å²) in [6, 6.07) is 7.39. The Morgan fingerprint density at radius 3 is 2.38 bits per heavy atom. The molecule has 0 atom stereocenters. The van der Waals surface area contributed by atoms with Crippen LogP contribution < -0.4 is 5.32 Å². The third kappa shape index (κ3) is 3.47. The minimum atomic E-state index is 0.0856. The molecule has 2 nitrogen and oxygen atoms in total.